The molecule has 0 radical (unpaired) electrons. The molecule has 39 heavy (non-hydrogen) atoms. The fourth-order valence-corrected chi connectivity index (χ4v) is 4.15. The first-order valence-corrected chi connectivity index (χ1v) is 13.0. The van der Waals surface area contributed by atoms with Crippen molar-refractivity contribution in [2.24, 2.45) is 5.92 Å². The number of nitrogens with one attached hydrogen (secondary N) is 4. The van der Waals surface area contributed by atoms with Crippen LogP contribution in [-0.2, 0) is 23.9 Å². The van der Waals surface area contributed by atoms with Gasteiger partial charge in [-0.15, -0.1) is 0 Å². The maximum Gasteiger partial charge on any atom is 0.325 e. The van der Waals surface area contributed by atoms with Gasteiger partial charge in [0.15, 0.2) is 11.5 Å². The Morgan fingerprint density at radius 1 is 1.18 bits per heavy atom. The minimum absolute atomic E-state index is 0.0648. The molecule has 3 amide bonds. The molecule has 1 aromatic rings. The Morgan fingerprint density at radius 2 is 1.82 bits per heavy atom. The van der Waals surface area contributed by atoms with E-state index >= 15 is 0 Å². The van der Waals surface area contributed by atoms with Gasteiger partial charge in [-0.3, -0.25) is 19.2 Å². The Kier molecular flexibility index (Phi) is 10.3. The van der Waals surface area contributed by atoms with Crippen LogP contribution in [-0.4, -0.2) is 76.8 Å². The Morgan fingerprint density at radius 3 is 2.36 bits per heavy atom. The lowest BCUT2D eigenvalue weighted by atomic mass is 9.91. The first kappa shape index (κ1) is 31.8. The molecule has 6 N–H and O–H groups in total. The number of carbonyl (C=O) groups is 4. The molecule has 0 saturated heterocycles. The van der Waals surface area contributed by atoms with Crippen LogP contribution in [0.3, 0.4) is 0 Å². The van der Waals surface area contributed by atoms with Crippen LogP contribution in [0, 0.1) is 5.92 Å². The minimum atomic E-state index is -1.43. The quantitative estimate of drug-likeness (QED) is 0.278. The highest BCUT2D eigenvalue weighted by atomic mass is 16.6. The van der Waals surface area contributed by atoms with Gasteiger partial charge in [0.05, 0.1) is 0 Å². The average Bonchev–Trinajstić information content (AvgIpc) is 2.84. The molecule has 2 rings (SSSR count). The van der Waals surface area contributed by atoms with Crippen LogP contribution in [0.4, 0.5) is 0 Å². The smallest absolute Gasteiger partial charge is 0.325 e. The Balaban J connectivity index is 2.58. The Bertz CT molecular complexity index is 1070. The van der Waals surface area contributed by atoms with Crippen LogP contribution in [0.25, 0.3) is 0 Å². The first-order valence-electron chi connectivity index (χ1n) is 13.0. The predicted molar refractivity (Wildman–Crippen MR) is 143 cm³/mol. The maximum absolute atomic E-state index is 13.5. The number of aromatic hydroxyl groups is 1. The lowest BCUT2D eigenvalue weighted by Gasteiger charge is -2.38. The second kappa shape index (κ2) is 12.6. The zero-order chi connectivity index (χ0) is 29.7. The molecule has 1 aliphatic heterocycles. The van der Waals surface area contributed by atoms with Gasteiger partial charge in [-0.25, -0.2) is 0 Å². The van der Waals surface area contributed by atoms with Gasteiger partial charge in [0.1, 0.15) is 42.0 Å². The van der Waals surface area contributed by atoms with Crippen molar-refractivity contribution in [2.75, 3.05) is 13.6 Å². The van der Waals surface area contributed by atoms with Gasteiger partial charge >= 0.3 is 5.97 Å². The number of ether oxygens (including phenoxy) is 2. The molecule has 1 heterocycles. The fraction of sp³-hybridized carbons (Fsp3) is 0.630. The number of phenols is 1. The number of rotatable bonds is 6. The van der Waals surface area contributed by atoms with Gasteiger partial charge < -0.3 is 41.0 Å². The molecule has 0 aliphatic carbocycles. The highest BCUT2D eigenvalue weighted by Gasteiger charge is 2.44. The second-order valence-electron chi connectivity index (χ2n) is 11.2. The third-order valence-corrected chi connectivity index (χ3v) is 6.51. The number of fused-ring (bicyclic) bond motifs is 2. The number of carbonyl (C=O) groups excluding carboxylic acids is 4. The SMILES string of the molecule is CC[C@]1(C)Oc2cc(ccc2O)[C@@H](O)[C@H](NC)C(=O)N[C@@H](C(C)C)C(=O)N[C@@H]1C(=O)NCC(=O)OC(C)(C)C. The summed E-state index contributed by atoms with van der Waals surface area (Å²) >= 11 is 0. The van der Waals surface area contributed by atoms with Crippen LogP contribution in [0.5, 0.6) is 11.5 Å². The number of likely N-dealkylation sites (N-methyl/N-ethyl adjacent to an activating group) is 1. The highest BCUT2D eigenvalue weighted by Crippen LogP contribution is 2.35. The van der Waals surface area contributed by atoms with E-state index in [1.54, 1.807) is 48.5 Å². The summed E-state index contributed by atoms with van der Waals surface area (Å²) in [5.74, 6) is -3.44. The Hall–Kier alpha value is -3.38. The van der Waals surface area contributed by atoms with Crippen LogP contribution in [0.1, 0.15) is 66.6 Å². The van der Waals surface area contributed by atoms with E-state index < -0.39 is 71.6 Å². The van der Waals surface area contributed by atoms with Crippen LogP contribution in [0.2, 0.25) is 0 Å². The van der Waals surface area contributed by atoms with Gasteiger partial charge in [-0.1, -0.05) is 26.8 Å². The molecular formula is C27H42N4O8. The molecule has 1 aliphatic rings. The number of amides is 3. The summed E-state index contributed by atoms with van der Waals surface area (Å²) in [6, 6.07) is 0.566. The van der Waals surface area contributed by atoms with Crippen molar-refractivity contribution in [3.05, 3.63) is 23.8 Å². The lowest BCUT2D eigenvalue weighted by Crippen LogP contribution is -2.65. The van der Waals surface area contributed by atoms with Gasteiger partial charge in [0.25, 0.3) is 0 Å². The standard InChI is InChI=1S/C27H42N4O8/c1-9-27(7)22(25(37)29-13-18(33)39-26(4,5)6)31-23(35)19(14(2)3)30-24(36)20(28-8)21(34)15-10-11-16(32)17(12-15)38-27/h10-12,14,19-22,28,32,34H,9,13H2,1-8H3,(H,29,37)(H,30,36)(H,31,35)/t19-,20-,21+,22+,27-/m0/s1. The van der Waals surface area contributed by atoms with Crippen molar-refractivity contribution in [3.63, 3.8) is 0 Å². The molecule has 0 aromatic heterocycles. The van der Waals surface area contributed by atoms with E-state index in [0.717, 1.165) is 0 Å². The van der Waals surface area contributed by atoms with Crippen molar-refractivity contribution < 1.29 is 38.9 Å². The molecule has 0 unspecified atom stereocenters. The predicted octanol–water partition coefficient (Wildman–Crippen LogP) is 0.658. The third kappa shape index (κ3) is 8.06. The molecule has 2 bridgehead atoms. The van der Waals surface area contributed by atoms with E-state index in [9.17, 15) is 29.4 Å². The largest absolute Gasteiger partial charge is 0.504 e. The summed E-state index contributed by atoms with van der Waals surface area (Å²) in [5, 5.41) is 32.2. The van der Waals surface area contributed by atoms with Crippen molar-refractivity contribution in [3.8, 4) is 11.5 Å². The maximum atomic E-state index is 13.5. The molecule has 0 spiro atoms. The van der Waals surface area contributed by atoms with E-state index in [1.807, 2.05) is 0 Å². The Labute approximate surface area is 229 Å². The van der Waals surface area contributed by atoms with Crippen LogP contribution < -0.4 is 26.0 Å². The lowest BCUT2D eigenvalue weighted by molar-refractivity contribution is -0.155. The minimum Gasteiger partial charge on any atom is -0.504 e. The summed E-state index contributed by atoms with van der Waals surface area (Å²) in [7, 11) is 1.49. The van der Waals surface area contributed by atoms with E-state index in [1.165, 1.54) is 25.2 Å². The summed E-state index contributed by atoms with van der Waals surface area (Å²) in [5.41, 5.74) is -1.93. The van der Waals surface area contributed by atoms with Gasteiger partial charge in [0.2, 0.25) is 17.7 Å². The molecular weight excluding hydrogens is 508 g/mol. The molecule has 12 heteroatoms. The number of hydrogen-bond donors (Lipinski definition) is 6. The van der Waals surface area contributed by atoms with Crippen molar-refractivity contribution in [1.29, 1.82) is 0 Å². The van der Waals surface area contributed by atoms with Crippen molar-refractivity contribution >= 4 is 23.7 Å². The topological polar surface area (TPSA) is 175 Å². The van der Waals surface area contributed by atoms with Crippen LogP contribution in [0.15, 0.2) is 18.2 Å². The zero-order valence-electron chi connectivity index (χ0n) is 23.9. The molecule has 5 atom stereocenters. The summed E-state index contributed by atoms with van der Waals surface area (Å²) in [4.78, 5) is 52.3. The number of benzene rings is 1. The number of hydrogen-bond acceptors (Lipinski definition) is 9. The molecule has 12 nitrogen and oxygen atoms in total. The van der Waals surface area contributed by atoms with E-state index in [4.69, 9.17) is 9.47 Å². The van der Waals surface area contributed by atoms with E-state index in [-0.39, 0.29) is 23.5 Å². The van der Waals surface area contributed by atoms with E-state index in [2.05, 4.69) is 21.3 Å². The average molecular weight is 551 g/mol. The van der Waals surface area contributed by atoms with Gasteiger partial charge in [-0.05, 0) is 64.8 Å². The summed E-state index contributed by atoms with van der Waals surface area (Å²) < 4.78 is 11.4. The molecule has 0 saturated carbocycles. The second-order valence-corrected chi connectivity index (χ2v) is 11.2. The third-order valence-electron chi connectivity index (χ3n) is 6.51. The fourth-order valence-electron chi connectivity index (χ4n) is 4.15. The monoisotopic (exact) mass is 550 g/mol. The van der Waals surface area contributed by atoms with Crippen molar-refractivity contribution in [2.45, 2.75) is 90.3 Å². The number of aliphatic hydroxyl groups is 1. The molecule has 218 valence electrons. The number of esters is 1. The number of phenolic OH excluding ortho intramolecular Hbond substituents is 1. The first-order chi connectivity index (χ1) is 18.0. The van der Waals surface area contributed by atoms with Crippen molar-refractivity contribution in [1.82, 2.24) is 21.3 Å². The number of aliphatic hydroxyl groups excluding tert-OH is 1. The summed E-state index contributed by atoms with van der Waals surface area (Å²) in [6.45, 7) is 11.4. The zero-order valence-corrected chi connectivity index (χ0v) is 23.9. The van der Waals surface area contributed by atoms with E-state index in [0.29, 0.717) is 0 Å². The molecule has 0 fully saturated rings. The van der Waals surface area contributed by atoms with Crippen LogP contribution >= 0.6 is 0 Å². The highest BCUT2D eigenvalue weighted by molar-refractivity contribution is 5.94. The normalized spacial score (nSPS) is 26.2. The molecule has 1 aromatic carbocycles. The van der Waals surface area contributed by atoms with Gasteiger partial charge in [-0.2, -0.15) is 0 Å². The summed E-state index contributed by atoms with van der Waals surface area (Å²) in [6.07, 6.45) is -1.17. The van der Waals surface area contributed by atoms with Gasteiger partial charge in [0, 0.05) is 0 Å².